The minimum Gasteiger partial charge on any atom is -0.347 e. The molecule has 2 N–H and O–H groups in total. The van der Waals surface area contributed by atoms with E-state index in [4.69, 9.17) is 0 Å². The first-order valence-corrected chi connectivity index (χ1v) is 6.89. The molecular weight excluding hydrogens is 256 g/mol. The second kappa shape index (κ2) is 6.19. The Labute approximate surface area is 119 Å². The molecule has 1 aromatic heterocycles. The van der Waals surface area contributed by atoms with Crippen LogP contribution in [0.2, 0.25) is 0 Å². The van der Waals surface area contributed by atoms with Gasteiger partial charge in [-0.05, 0) is 26.0 Å². The zero-order valence-corrected chi connectivity index (χ0v) is 12.2. The van der Waals surface area contributed by atoms with Crippen molar-refractivity contribution in [3.8, 4) is 0 Å². The molecule has 2 atom stereocenters. The summed E-state index contributed by atoms with van der Waals surface area (Å²) in [5.74, 6) is -0.601. The highest BCUT2D eigenvalue weighted by molar-refractivity contribution is 6.04. The van der Waals surface area contributed by atoms with E-state index in [1.54, 1.807) is 29.9 Å². The molecule has 1 aromatic rings. The highest BCUT2D eigenvalue weighted by atomic mass is 16.2. The van der Waals surface area contributed by atoms with Gasteiger partial charge in [-0.1, -0.05) is 0 Å². The molecule has 1 aliphatic rings. The highest BCUT2D eigenvalue weighted by Crippen LogP contribution is 2.04. The van der Waals surface area contributed by atoms with E-state index >= 15 is 0 Å². The van der Waals surface area contributed by atoms with Gasteiger partial charge < -0.3 is 9.88 Å². The summed E-state index contributed by atoms with van der Waals surface area (Å²) in [7, 11) is 1.78. The summed E-state index contributed by atoms with van der Waals surface area (Å²) < 4.78 is 1.69. The van der Waals surface area contributed by atoms with Gasteiger partial charge in [0.1, 0.15) is 5.69 Å². The van der Waals surface area contributed by atoms with Crippen molar-refractivity contribution in [1.82, 2.24) is 20.1 Å². The van der Waals surface area contributed by atoms with Crippen LogP contribution in [0.3, 0.4) is 0 Å². The monoisotopic (exact) mass is 278 g/mol. The van der Waals surface area contributed by atoms with Crippen LogP contribution in [0.25, 0.3) is 0 Å². The fourth-order valence-electron chi connectivity index (χ4n) is 2.70. The summed E-state index contributed by atoms with van der Waals surface area (Å²) >= 11 is 0. The summed E-state index contributed by atoms with van der Waals surface area (Å²) in [5, 5.41) is 5.85. The lowest BCUT2D eigenvalue weighted by Gasteiger charge is -2.35. The number of hydrogen-bond acceptors (Lipinski definition) is 4. The third kappa shape index (κ3) is 3.68. The molecule has 0 spiro atoms. The molecule has 2 unspecified atom stereocenters. The van der Waals surface area contributed by atoms with Gasteiger partial charge >= 0.3 is 0 Å². The van der Waals surface area contributed by atoms with E-state index in [2.05, 4.69) is 29.4 Å². The molecule has 20 heavy (non-hydrogen) atoms. The Morgan fingerprint density at radius 2 is 2.00 bits per heavy atom. The predicted octanol–water partition coefficient (Wildman–Crippen LogP) is -0.0363. The third-order valence-electron chi connectivity index (χ3n) is 3.43. The van der Waals surface area contributed by atoms with Crippen molar-refractivity contribution >= 4 is 11.8 Å². The second-order valence-electron chi connectivity index (χ2n) is 5.54. The van der Waals surface area contributed by atoms with Crippen molar-refractivity contribution in [1.29, 1.82) is 0 Å². The minimum absolute atomic E-state index is 0.252. The zero-order valence-electron chi connectivity index (χ0n) is 12.2. The molecule has 0 radical (unpaired) electrons. The fourth-order valence-corrected chi connectivity index (χ4v) is 2.70. The van der Waals surface area contributed by atoms with E-state index in [0.717, 1.165) is 13.1 Å². The molecular formula is C14H22N4O2. The van der Waals surface area contributed by atoms with Gasteiger partial charge in [0.2, 0.25) is 5.91 Å². The molecule has 2 amide bonds. The molecule has 0 aliphatic carbocycles. The topological polar surface area (TPSA) is 66.4 Å². The number of carbonyl (C=O) groups is 2. The van der Waals surface area contributed by atoms with Crippen molar-refractivity contribution in [3.05, 3.63) is 24.0 Å². The number of nitrogens with one attached hydrogen (secondary N) is 2. The normalized spacial score (nSPS) is 23.6. The molecule has 2 heterocycles. The molecule has 6 nitrogen and oxygen atoms in total. The third-order valence-corrected chi connectivity index (χ3v) is 3.43. The van der Waals surface area contributed by atoms with Crippen molar-refractivity contribution < 1.29 is 9.59 Å². The first-order chi connectivity index (χ1) is 9.45. The number of hydrogen-bond donors (Lipinski definition) is 2. The molecule has 1 fully saturated rings. The van der Waals surface area contributed by atoms with Gasteiger partial charge in [0, 0.05) is 38.4 Å². The number of nitrogens with zero attached hydrogens (tertiary/aromatic N) is 2. The van der Waals surface area contributed by atoms with Crippen LogP contribution in [0.15, 0.2) is 18.3 Å². The zero-order chi connectivity index (χ0) is 14.7. The van der Waals surface area contributed by atoms with E-state index in [9.17, 15) is 9.59 Å². The van der Waals surface area contributed by atoms with Crippen LogP contribution < -0.4 is 10.6 Å². The van der Waals surface area contributed by atoms with Gasteiger partial charge in [-0.15, -0.1) is 0 Å². The number of aromatic nitrogens is 1. The highest BCUT2D eigenvalue weighted by Gasteiger charge is 2.23. The maximum Gasteiger partial charge on any atom is 0.274 e. The van der Waals surface area contributed by atoms with Gasteiger partial charge in [-0.3, -0.25) is 19.8 Å². The number of imide groups is 1. The van der Waals surface area contributed by atoms with E-state index < -0.39 is 0 Å². The van der Waals surface area contributed by atoms with E-state index in [1.807, 2.05) is 0 Å². The van der Waals surface area contributed by atoms with Crippen LogP contribution in [-0.4, -0.2) is 53.0 Å². The summed E-state index contributed by atoms with van der Waals surface area (Å²) in [6.45, 7) is 6.07. The van der Waals surface area contributed by atoms with Crippen LogP contribution in [0, 0.1) is 0 Å². The van der Waals surface area contributed by atoms with Crippen molar-refractivity contribution in [2.75, 3.05) is 19.6 Å². The van der Waals surface area contributed by atoms with Crippen molar-refractivity contribution in [3.63, 3.8) is 0 Å². The Balaban J connectivity index is 1.86. The first-order valence-electron chi connectivity index (χ1n) is 6.89. The Bertz CT molecular complexity index is 487. The molecule has 0 saturated carbocycles. The molecule has 0 bridgehead atoms. The smallest absolute Gasteiger partial charge is 0.274 e. The Kier molecular flexibility index (Phi) is 4.57. The van der Waals surface area contributed by atoms with Gasteiger partial charge in [-0.2, -0.15) is 0 Å². The Hall–Kier alpha value is -1.66. The van der Waals surface area contributed by atoms with Gasteiger partial charge in [0.25, 0.3) is 5.91 Å². The van der Waals surface area contributed by atoms with Gasteiger partial charge in [0.15, 0.2) is 0 Å². The maximum atomic E-state index is 11.9. The van der Waals surface area contributed by atoms with Crippen molar-refractivity contribution in [2.45, 2.75) is 25.9 Å². The van der Waals surface area contributed by atoms with Crippen molar-refractivity contribution in [2.24, 2.45) is 7.05 Å². The van der Waals surface area contributed by atoms with Gasteiger partial charge in [-0.25, -0.2) is 0 Å². The second-order valence-corrected chi connectivity index (χ2v) is 5.54. The SMILES string of the molecule is CC1CN(CC(=O)NC(=O)c2cccn2C)CC(C)N1. The predicted molar refractivity (Wildman–Crippen MR) is 76.4 cm³/mol. The van der Waals surface area contributed by atoms with E-state index in [-0.39, 0.29) is 18.4 Å². The minimum atomic E-state index is -0.348. The quantitative estimate of drug-likeness (QED) is 0.814. The van der Waals surface area contributed by atoms with E-state index in [0.29, 0.717) is 17.8 Å². The molecule has 2 rings (SSSR count). The lowest BCUT2D eigenvalue weighted by atomic mass is 10.1. The lowest BCUT2D eigenvalue weighted by Crippen LogP contribution is -2.56. The summed E-state index contributed by atoms with van der Waals surface area (Å²) in [6.07, 6.45) is 1.78. The number of carbonyl (C=O) groups excluding carboxylic acids is 2. The Morgan fingerprint density at radius 1 is 1.35 bits per heavy atom. The van der Waals surface area contributed by atoms with Crippen LogP contribution in [0.4, 0.5) is 0 Å². The largest absolute Gasteiger partial charge is 0.347 e. The molecule has 0 aromatic carbocycles. The standard InChI is InChI=1S/C14H22N4O2/c1-10-7-18(8-11(2)15-10)9-13(19)16-14(20)12-5-4-6-17(12)3/h4-6,10-11,15H,7-9H2,1-3H3,(H,16,19,20). The van der Waals surface area contributed by atoms with E-state index in [1.165, 1.54) is 0 Å². The number of rotatable bonds is 3. The average molecular weight is 278 g/mol. The molecule has 1 saturated heterocycles. The fraction of sp³-hybridized carbons (Fsp3) is 0.571. The number of piperazine rings is 1. The van der Waals surface area contributed by atoms with Crippen LogP contribution >= 0.6 is 0 Å². The molecule has 6 heteroatoms. The molecule has 1 aliphatic heterocycles. The number of aryl methyl sites for hydroxylation is 1. The summed E-state index contributed by atoms with van der Waals surface area (Å²) in [5.41, 5.74) is 0.486. The molecule has 110 valence electrons. The average Bonchev–Trinajstić information content (AvgIpc) is 2.73. The van der Waals surface area contributed by atoms with Gasteiger partial charge in [0.05, 0.1) is 6.54 Å². The van der Waals surface area contributed by atoms with Crippen LogP contribution in [0.1, 0.15) is 24.3 Å². The summed E-state index contributed by atoms with van der Waals surface area (Å²) in [4.78, 5) is 25.9. The Morgan fingerprint density at radius 3 is 2.55 bits per heavy atom. The van der Waals surface area contributed by atoms with Crippen LogP contribution in [0.5, 0.6) is 0 Å². The summed E-state index contributed by atoms with van der Waals surface area (Å²) in [6, 6.07) is 4.18. The van der Waals surface area contributed by atoms with Crippen LogP contribution in [-0.2, 0) is 11.8 Å². The first kappa shape index (κ1) is 14.7. The number of amides is 2. The lowest BCUT2D eigenvalue weighted by molar-refractivity contribution is -0.121. The maximum absolute atomic E-state index is 11.9.